The molecule has 1 unspecified atom stereocenters. The first-order valence-electron chi connectivity index (χ1n) is 7.09. The number of carbonyl (C=O) groups excluding carboxylic acids is 1. The van der Waals surface area contributed by atoms with Crippen LogP contribution in [0.1, 0.15) is 31.2 Å². The van der Waals surface area contributed by atoms with E-state index in [1.165, 1.54) is 12.8 Å². The Kier molecular flexibility index (Phi) is 8.42. The molecule has 1 fully saturated rings. The maximum Gasteiger partial charge on any atom is 0.220 e. The van der Waals surface area contributed by atoms with Crippen LogP contribution in [0.5, 0.6) is 0 Å². The molecule has 1 saturated heterocycles. The fraction of sp³-hybridized carbons (Fsp3) is 0.533. The van der Waals surface area contributed by atoms with Gasteiger partial charge in [0.05, 0.1) is 0 Å². The third kappa shape index (κ3) is 6.43. The number of nitrogens with one attached hydrogen (secondary N) is 2. The summed E-state index contributed by atoms with van der Waals surface area (Å²) in [5, 5.41) is 7.62. The van der Waals surface area contributed by atoms with Gasteiger partial charge in [0, 0.05) is 29.1 Å². The van der Waals surface area contributed by atoms with Gasteiger partial charge in [0.2, 0.25) is 5.91 Å². The Morgan fingerprint density at radius 2 is 2.19 bits per heavy atom. The lowest BCUT2D eigenvalue weighted by molar-refractivity contribution is -0.121. The van der Waals surface area contributed by atoms with Gasteiger partial charge in [0.15, 0.2) is 0 Å². The Labute approximate surface area is 142 Å². The molecular formula is C15H21Cl3N2O. The molecule has 0 saturated carbocycles. The molecule has 2 rings (SSSR count). The molecule has 118 valence electrons. The Balaban J connectivity index is 0.00000220. The van der Waals surface area contributed by atoms with E-state index in [4.69, 9.17) is 23.2 Å². The monoisotopic (exact) mass is 350 g/mol. The average Bonchev–Trinajstić information content (AvgIpc) is 2.92. The lowest BCUT2D eigenvalue weighted by atomic mass is 10.1. The third-order valence-corrected chi connectivity index (χ3v) is 4.20. The zero-order valence-corrected chi connectivity index (χ0v) is 14.2. The zero-order chi connectivity index (χ0) is 14.4. The predicted octanol–water partition coefficient (Wildman–Crippen LogP) is 3.61. The molecule has 0 aliphatic carbocycles. The fourth-order valence-corrected chi connectivity index (χ4v) is 2.96. The normalized spacial score (nSPS) is 17.3. The van der Waals surface area contributed by atoms with E-state index in [2.05, 4.69) is 10.6 Å². The summed E-state index contributed by atoms with van der Waals surface area (Å²) in [6.07, 6.45) is 4.65. The van der Waals surface area contributed by atoms with Gasteiger partial charge in [-0.3, -0.25) is 4.79 Å². The van der Waals surface area contributed by atoms with Crippen molar-refractivity contribution in [2.45, 2.75) is 38.1 Å². The summed E-state index contributed by atoms with van der Waals surface area (Å²) in [7, 11) is 0. The van der Waals surface area contributed by atoms with Crippen LogP contribution in [0.2, 0.25) is 10.0 Å². The van der Waals surface area contributed by atoms with Gasteiger partial charge in [0.25, 0.3) is 0 Å². The number of carbonyl (C=O) groups is 1. The Morgan fingerprint density at radius 1 is 1.38 bits per heavy atom. The molecule has 1 amide bonds. The number of amides is 1. The second kappa shape index (κ2) is 9.52. The summed E-state index contributed by atoms with van der Waals surface area (Å²) in [5.74, 6) is 0.115. The number of hydrogen-bond acceptors (Lipinski definition) is 2. The molecule has 1 atom stereocenters. The maximum absolute atomic E-state index is 11.7. The van der Waals surface area contributed by atoms with Crippen LogP contribution in [0, 0.1) is 0 Å². The molecule has 0 radical (unpaired) electrons. The van der Waals surface area contributed by atoms with E-state index in [-0.39, 0.29) is 18.3 Å². The van der Waals surface area contributed by atoms with Crippen molar-refractivity contribution in [3.8, 4) is 0 Å². The highest BCUT2D eigenvalue weighted by Gasteiger charge is 2.15. The molecule has 0 bridgehead atoms. The molecule has 6 heteroatoms. The van der Waals surface area contributed by atoms with E-state index in [1.54, 1.807) is 6.07 Å². The predicted molar refractivity (Wildman–Crippen MR) is 90.7 cm³/mol. The number of halogens is 3. The molecule has 0 aromatic heterocycles. The lowest BCUT2D eigenvalue weighted by Crippen LogP contribution is -2.28. The molecular weight excluding hydrogens is 331 g/mol. The topological polar surface area (TPSA) is 41.1 Å². The van der Waals surface area contributed by atoms with Crippen LogP contribution in [0.3, 0.4) is 0 Å². The molecule has 1 aliphatic rings. The second-order valence-electron chi connectivity index (χ2n) is 5.17. The van der Waals surface area contributed by atoms with E-state index in [1.807, 2.05) is 12.1 Å². The van der Waals surface area contributed by atoms with Crippen LogP contribution in [0.25, 0.3) is 0 Å². The van der Waals surface area contributed by atoms with Crippen molar-refractivity contribution in [2.75, 3.05) is 13.1 Å². The van der Waals surface area contributed by atoms with Gasteiger partial charge in [-0.1, -0.05) is 29.3 Å². The molecule has 21 heavy (non-hydrogen) atoms. The minimum Gasteiger partial charge on any atom is -0.356 e. The highest BCUT2D eigenvalue weighted by molar-refractivity contribution is 6.35. The highest BCUT2D eigenvalue weighted by Crippen LogP contribution is 2.21. The van der Waals surface area contributed by atoms with Crippen molar-refractivity contribution in [1.82, 2.24) is 10.6 Å². The highest BCUT2D eigenvalue weighted by atomic mass is 35.5. The summed E-state index contributed by atoms with van der Waals surface area (Å²) in [4.78, 5) is 11.7. The third-order valence-electron chi connectivity index (χ3n) is 3.61. The minimum absolute atomic E-state index is 0. The zero-order valence-electron chi connectivity index (χ0n) is 11.8. The van der Waals surface area contributed by atoms with Crippen LogP contribution in [-0.4, -0.2) is 25.0 Å². The summed E-state index contributed by atoms with van der Waals surface area (Å²) in [5.41, 5.74) is 1.01. The quantitative estimate of drug-likeness (QED) is 0.822. The second-order valence-corrected chi connectivity index (χ2v) is 6.01. The van der Waals surface area contributed by atoms with Gasteiger partial charge in [-0.05, 0) is 49.9 Å². The number of benzene rings is 1. The summed E-state index contributed by atoms with van der Waals surface area (Å²) in [6, 6.07) is 5.97. The molecule has 1 aliphatic heterocycles. The summed E-state index contributed by atoms with van der Waals surface area (Å²) in [6.45, 7) is 1.69. The van der Waals surface area contributed by atoms with Crippen molar-refractivity contribution < 1.29 is 4.79 Å². The first-order chi connectivity index (χ1) is 9.65. The first-order valence-corrected chi connectivity index (χ1v) is 7.85. The molecule has 1 heterocycles. The Morgan fingerprint density at radius 3 is 2.86 bits per heavy atom. The lowest BCUT2D eigenvalue weighted by Gasteiger charge is -2.10. The minimum atomic E-state index is 0. The average molecular weight is 352 g/mol. The van der Waals surface area contributed by atoms with Crippen molar-refractivity contribution in [1.29, 1.82) is 0 Å². The van der Waals surface area contributed by atoms with Gasteiger partial charge in [-0.15, -0.1) is 12.4 Å². The van der Waals surface area contributed by atoms with Crippen LogP contribution < -0.4 is 10.6 Å². The van der Waals surface area contributed by atoms with Crippen molar-refractivity contribution >= 4 is 41.5 Å². The van der Waals surface area contributed by atoms with Crippen LogP contribution in [-0.2, 0) is 11.2 Å². The molecule has 0 spiro atoms. The Bertz CT molecular complexity index is 462. The molecule has 1 aromatic carbocycles. The van der Waals surface area contributed by atoms with Gasteiger partial charge in [0.1, 0.15) is 0 Å². The smallest absolute Gasteiger partial charge is 0.220 e. The Hall–Kier alpha value is -0.480. The van der Waals surface area contributed by atoms with E-state index in [0.717, 1.165) is 24.9 Å². The van der Waals surface area contributed by atoms with Crippen molar-refractivity contribution in [2.24, 2.45) is 0 Å². The summed E-state index contributed by atoms with van der Waals surface area (Å²) < 4.78 is 0. The largest absolute Gasteiger partial charge is 0.356 e. The van der Waals surface area contributed by atoms with Gasteiger partial charge < -0.3 is 10.6 Å². The van der Waals surface area contributed by atoms with Crippen LogP contribution in [0.4, 0.5) is 0 Å². The van der Waals surface area contributed by atoms with E-state index < -0.39 is 0 Å². The van der Waals surface area contributed by atoms with E-state index >= 15 is 0 Å². The standard InChI is InChI=1S/C15H20Cl2N2O.ClH/c16-12-4-3-11(14(17)10-12)7-9-19-15(20)6-5-13-2-1-8-18-13;/h3-4,10,13,18H,1-2,5-9H2,(H,19,20);1H. The van der Waals surface area contributed by atoms with E-state index in [0.29, 0.717) is 29.1 Å². The van der Waals surface area contributed by atoms with Crippen molar-refractivity contribution in [3.63, 3.8) is 0 Å². The maximum atomic E-state index is 11.7. The van der Waals surface area contributed by atoms with Gasteiger partial charge in [-0.25, -0.2) is 0 Å². The van der Waals surface area contributed by atoms with Gasteiger partial charge >= 0.3 is 0 Å². The van der Waals surface area contributed by atoms with Crippen LogP contribution >= 0.6 is 35.6 Å². The van der Waals surface area contributed by atoms with Crippen molar-refractivity contribution in [3.05, 3.63) is 33.8 Å². The SMILES string of the molecule is Cl.O=C(CCC1CCCN1)NCCc1ccc(Cl)cc1Cl. The van der Waals surface area contributed by atoms with E-state index in [9.17, 15) is 4.79 Å². The number of hydrogen-bond donors (Lipinski definition) is 2. The molecule has 3 nitrogen and oxygen atoms in total. The fourth-order valence-electron chi connectivity index (χ4n) is 2.46. The van der Waals surface area contributed by atoms with Crippen LogP contribution in [0.15, 0.2) is 18.2 Å². The molecule has 1 aromatic rings. The molecule has 2 N–H and O–H groups in total. The summed E-state index contributed by atoms with van der Waals surface area (Å²) >= 11 is 11.9. The van der Waals surface area contributed by atoms with Gasteiger partial charge in [-0.2, -0.15) is 0 Å². The number of rotatable bonds is 6. The first kappa shape index (κ1) is 18.6.